The number of hydrogen-bond donors (Lipinski definition) is 1. The zero-order chi connectivity index (χ0) is 20.6. The van der Waals surface area contributed by atoms with Gasteiger partial charge in [0.1, 0.15) is 5.75 Å². The van der Waals surface area contributed by atoms with Gasteiger partial charge in [-0.3, -0.25) is 14.5 Å². The number of ketones is 1. The zero-order valence-corrected chi connectivity index (χ0v) is 18.0. The Kier molecular flexibility index (Phi) is 7.83. The molecule has 1 fully saturated rings. The van der Waals surface area contributed by atoms with Crippen LogP contribution in [-0.4, -0.2) is 42.8 Å². The van der Waals surface area contributed by atoms with E-state index in [1.54, 1.807) is 35.6 Å². The van der Waals surface area contributed by atoms with E-state index in [9.17, 15) is 9.59 Å². The highest BCUT2D eigenvalue weighted by atomic mass is 32.1. The molecule has 1 amide bonds. The summed E-state index contributed by atoms with van der Waals surface area (Å²) in [4.78, 5) is 27.8. The van der Waals surface area contributed by atoms with Crippen molar-refractivity contribution in [3.05, 3.63) is 52.2 Å². The van der Waals surface area contributed by atoms with E-state index >= 15 is 0 Å². The minimum absolute atomic E-state index is 0.0325. The summed E-state index contributed by atoms with van der Waals surface area (Å²) >= 11 is 1.74. The molecule has 29 heavy (non-hydrogen) atoms. The molecule has 1 saturated heterocycles. The number of ether oxygens (including phenoxy) is 1. The van der Waals surface area contributed by atoms with Crippen molar-refractivity contribution in [2.75, 3.05) is 26.2 Å². The first-order chi connectivity index (χ1) is 14.1. The van der Waals surface area contributed by atoms with E-state index in [1.807, 2.05) is 6.92 Å². The van der Waals surface area contributed by atoms with Crippen LogP contribution >= 0.6 is 11.3 Å². The van der Waals surface area contributed by atoms with Crippen LogP contribution in [0.3, 0.4) is 0 Å². The Labute approximate surface area is 177 Å². The maximum atomic E-state index is 12.3. The van der Waals surface area contributed by atoms with Crippen molar-refractivity contribution in [2.45, 2.75) is 39.2 Å². The standard InChI is InChI=1S/C23H30N2O3S/c1-3-21(26)18-6-8-19(9-7-18)28-16-23(27)24-15-20(22-5-4-14-29-22)25-12-10-17(2)11-13-25/h4-9,14,17,20H,3,10-13,15-16H2,1-2H3,(H,24,27). The van der Waals surface area contributed by atoms with Gasteiger partial charge in [-0.15, -0.1) is 11.3 Å². The number of rotatable bonds is 9. The Morgan fingerprint density at radius 3 is 2.55 bits per heavy atom. The van der Waals surface area contributed by atoms with E-state index in [1.165, 1.54) is 17.7 Å². The fourth-order valence-electron chi connectivity index (χ4n) is 3.58. The second-order valence-electron chi connectivity index (χ2n) is 7.64. The molecule has 0 bridgehead atoms. The summed E-state index contributed by atoms with van der Waals surface area (Å²) in [7, 11) is 0. The molecular formula is C23H30N2O3S. The number of piperidine rings is 1. The second-order valence-corrected chi connectivity index (χ2v) is 8.62. The molecule has 5 nitrogen and oxygen atoms in total. The molecule has 2 aromatic rings. The molecule has 156 valence electrons. The average Bonchev–Trinajstić information content (AvgIpc) is 3.28. The van der Waals surface area contributed by atoms with Crippen molar-refractivity contribution in [3.8, 4) is 5.75 Å². The number of nitrogens with one attached hydrogen (secondary N) is 1. The molecule has 2 heterocycles. The van der Waals surface area contributed by atoms with E-state index < -0.39 is 0 Å². The molecule has 1 unspecified atom stereocenters. The molecule has 1 aliphatic heterocycles. The highest BCUT2D eigenvalue weighted by Crippen LogP contribution is 2.29. The van der Waals surface area contributed by atoms with Gasteiger partial charge in [-0.2, -0.15) is 0 Å². The summed E-state index contributed by atoms with van der Waals surface area (Å²) in [6.07, 6.45) is 2.88. The Bertz CT molecular complexity index is 781. The topological polar surface area (TPSA) is 58.6 Å². The third kappa shape index (κ3) is 6.15. The average molecular weight is 415 g/mol. The Balaban J connectivity index is 1.50. The van der Waals surface area contributed by atoms with Crippen LogP contribution in [0, 0.1) is 5.92 Å². The highest BCUT2D eigenvalue weighted by Gasteiger charge is 2.25. The van der Waals surface area contributed by atoms with Gasteiger partial charge < -0.3 is 10.1 Å². The van der Waals surface area contributed by atoms with Crippen LogP contribution in [0.15, 0.2) is 41.8 Å². The van der Waals surface area contributed by atoms with Crippen molar-refractivity contribution in [1.29, 1.82) is 0 Å². The molecule has 1 N–H and O–H groups in total. The lowest BCUT2D eigenvalue weighted by molar-refractivity contribution is -0.123. The Morgan fingerprint density at radius 2 is 1.93 bits per heavy atom. The lowest BCUT2D eigenvalue weighted by Gasteiger charge is -2.36. The number of Topliss-reactive ketones (excluding diaryl/α,β-unsaturated/α-hetero) is 1. The first kappa shape index (κ1) is 21.5. The minimum atomic E-state index is -0.134. The van der Waals surface area contributed by atoms with Crippen LogP contribution < -0.4 is 10.1 Å². The summed E-state index contributed by atoms with van der Waals surface area (Å²) in [6, 6.07) is 11.4. The molecular weight excluding hydrogens is 384 g/mol. The third-order valence-electron chi connectivity index (χ3n) is 5.49. The number of hydrogen-bond acceptors (Lipinski definition) is 5. The zero-order valence-electron chi connectivity index (χ0n) is 17.2. The molecule has 1 aromatic carbocycles. The molecule has 1 aromatic heterocycles. The fourth-order valence-corrected chi connectivity index (χ4v) is 4.44. The number of nitrogens with zero attached hydrogens (tertiary/aromatic N) is 1. The van der Waals surface area contributed by atoms with Crippen LogP contribution in [0.1, 0.15) is 54.4 Å². The quantitative estimate of drug-likeness (QED) is 0.621. The van der Waals surface area contributed by atoms with Gasteiger partial charge in [-0.25, -0.2) is 0 Å². The number of benzene rings is 1. The van der Waals surface area contributed by atoms with E-state index in [4.69, 9.17) is 4.74 Å². The van der Waals surface area contributed by atoms with Crippen LogP contribution in [0.4, 0.5) is 0 Å². The van der Waals surface area contributed by atoms with E-state index in [0.29, 0.717) is 24.3 Å². The third-order valence-corrected chi connectivity index (χ3v) is 6.46. The van der Waals surface area contributed by atoms with Crippen molar-refractivity contribution >= 4 is 23.0 Å². The number of carbonyl (C=O) groups excluding carboxylic acids is 2. The number of thiophene rings is 1. The van der Waals surface area contributed by atoms with Gasteiger partial charge in [-0.1, -0.05) is 19.9 Å². The van der Waals surface area contributed by atoms with E-state index in [0.717, 1.165) is 19.0 Å². The van der Waals surface area contributed by atoms with Gasteiger partial charge in [0.2, 0.25) is 0 Å². The van der Waals surface area contributed by atoms with Gasteiger partial charge in [0.05, 0.1) is 6.04 Å². The molecule has 0 radical (unpaired) electrons. The molecule has 6 heteroatoms. The second kappa shape index (κ2) is 10.6. The lowest BCUT2D eigenvalue weighted by Crippen LogP contribution is -2.42. The van der Waals surface area contributed by atoms with E-state index in [2.05, 4.69) is 34.7 Å². The molecule has 1 aliphatic rings. The largest absolute Gasteiger partial charge is 0.484 e. The summed E-state index contributed by atoms with van der Waals surface area (Å²) in [5.41, 5.74) is 0.666. The lowest BCUT2D eigenvalue weighted by atomic mass is 9.97. The minimum Gasteiger partial charge on any atom is -0.484 e. The predicted octanol–water partition coefficient (Wildman–Crippen LogP) is 4.31. The van der Waals surface area contributed by atoms with Crippen molar-refractivity contribution in [2.24, 2.45) is 5.92 Å². The maximum Gasteiger partial charge on any atom is 0.258 e. The molecule has 0 aliphatic carbocycles. The monoisotopic (exact) mass is 414 g/mol. The van der Waals surface area contributed by atoms with Crippen molar-refractivity contribution in [1.82, 2.24) is 10.2 Å². The van der Waals surface area contributed by atoms with Crippen molar-refractivity contribution < 1.29 is 14.3 Å². The summed E-state index contributed by atoms with van der Waals surface area (Å²) in [6.45, 7) is 6.83. The smallest absolute Gasteiger partial charge is 0.258 e. The first-order valence-corrected chi connectivity index (χ1v) is 11.2. The Morgan fingerprint density at radius 1 is 1.21 bits per heavy atom. The first-order valence-electron chi connectivity index (χ1n) is 10.4. The predicted molar refractivity (Wildman–Crippen MR) is 117 cm³/mol. The Hall–Kier alpha value is -2.18. The SMILES string of the molecule is CCC(=O)c1ccc(OCC(=O)NCC(c2cccs2)N2CCC(C)CC2)cc1. The van der Waals surface area contributed by atoms with Crippen LogP contribution in [0.2, 0.25) is 0 Å². The van der Waals surface area contributed by atoms with Gasteiger partial charge in [0.25, 0.3) is 5.91 Å². The number of carbonyl (C=O) groups is 2. The fraction of sp³-hybridized carbons (Fsp3) is 0.478. The van der Waals surface area contributed by atoms with E-state index in [-0.39, 0.29) is 24.3 Å². The summed E-state index contributed by atoms with van der Waals surface area (Å²) < 4.78 is 5.58. The summed E-state index contributed by atoms with van der Waals surface area (Å²) in [5.74, 6) is 1.33. The maximum absolute atomic E-state index is 12.3. The van der Waals surface area contributed by atoms with Crippen LogP contribution in [0.25, 0.3) is 0 Å². The van der Waals surface area contributed by atoms with Gasteiger partial charge >= 0.3 is 0 Å². The van der Waals surface area contributed by atoms with Crippen LogP contribution in [0.5, 0.6) is 5.75 Å². The normalized spacial score (nSPS) is 16.3. The number of likely N-dealkylation sites (tertiary alicyclic amines) is 1. The van der Waals surface area contributed by atoms with Crippen molar-refractivity contribution in [3.63, 3.8) is 0 Å². The summed E-state index contributed by atoms with van der Waals surface area (Å²) in [5, 5.41) is 5.13. The van der Waals surface area contributed by atoms with Gasteiger partial charge in [0, 0.05) is 23.4 Å². The highest BCUT2D eigenvalue weighted by molar-refractivity contribution is 7.10. The molecule has 3 rings (SSSR count). The molecule has 0 saturated carbocycles. The molecule has 1 atom stereocenters. The number of amides is 1. The van der Waals surface area contributed by atoms with Gasteiger partial charge in [-0.05, 0) is 67.6 Å². The van der Waals surface area contributed by atoms with Gasteiger partial charge in [0.15, 0.2) is 12.4 Å². The molecule has 0 spiro atoms. The van der Waals surface area contributed by atoms with Crippen LogP contribution in [-0.2, 0) is 4.79 Å².